The van der Waals surface area contributed by atoms with Crippen LogP contribution in [0.3, 0.4) is 0 Å². The van der Waals surface area contributed by atoms with E-state index in [1.54, 1.807) is 0 Å². The minimum atomic E-state index is -0.0538. The number of hydrogen-bond acceptors (Lipinski definition) is 5. The van der Waals surface area contributed by atoms with Gasteiger partial charge in [0.05, 0.1) is 31.1 Å². The van der Waals surface area contributed by atoms with Gasteiger partial charge < -0.3 is 14.2 Å². The molecule has 116 valence electrons. The third kappa shape index (κ3) is 2.37. The van der Waals surface area contributed by atoms with Crippen molar-refractivity contribution in [3.63, 3.8) is 0 Å². The zero-order chi connectivity index (χ0) is 15.0. The number of rotatable bonds is 3. The van der Waals surface area contributed by atoms with Gasteiger partial charge in [-0.25, -0.2) is 15.0 Å². The van der Waals surface area contributed by atoms with Gasteiger partial charge in [0.15, 0.2) is 0 Å². The van der Waals surface area contributed by atoms with E-state index >= 15 is 0 Å². The van der Waals surface area contributed by atoms with Gasteiger partial charge in [-0.3, -0.25) is 0 Å². The van der Waals surface area contributed by atoms with Crippen LogP contribution in [-0.4, -0.2) is 44.8 Å². The lowest BCUT2D eigenvalue weighted by molar-refractivity contribution is 0.0219. The van der Waals surface area contributed by atoms with Crippen molar-refractivity contribution in [1.82, 2.24) is 19.5 Å². The number of hydrogen-bond donors (Lipinski definition) is 0. The van der Waals surface area contributed by atoms with Gasteiger partial charge in [0.1, 0.15) is 0 Å². The molecule has 0 amide bonds. The zero-order valence-corrected chi connectivity index (χ0v) is 12.9. The van der Waals surface area contributed by atoms with Crippen LogP contribution in [0.25, 0.3) is 0 Å². The first-order valence-corrected chi connectivity index (χ1v) is 7.95. The molecule has 0 radical (unpaired) electrons. The van der Waals surface area contributed by atoms with Gasteiger partial charge in [-0.1, -0.05) is 6.92 Å². The molecule has 0 aromatic carbocycles. The fourth-order valence-corrected chi connectivity index (χ4v) is 3.49. The smallest absolute Gasteiger partial charge is 0.225 e. The molecule has 2 aromatic rings. The highest BCUT2D eigenvalue weighted by atomic mass is 16.5. The SMILES string of the molecule is CCc1cnc(N2CC[C@@]3(C[C@@H](n4ccnc4)CO3)C2)nc1. The monoisotopic (exact) mass is 299 g/mol. The highest BCUT2D eigenvalue weighted by molar-refractivity contribution is 5.34. The summed E-state index contributed by atoms with van der Waals surface area (Å²) in [6.07, 6.45) is 12.6. The second-order valence-electron chi connectivity index (χ2n) is 6.28. The van der Waals surface area contributed by atoms with Crippen LogP contribution in [0.15, 0.2) is 31.1 Å². The van der Waals surface area contributed by atoms with Gasteiger partial charge in [-0.05, 0) is 18.4 Å². The molecule has 0 N–H and O–H groups in total. The van der Waals surface area contributed by atoms with Crippen molar-refractivity contribution in [3.8, 4) is 0 Å². The van der Waals surface area contributed by atoms with E-state index in [-0.39, 0.29) is 5.60 Å². The normalized spacial score (nSPS) is 27.9. The summed E-state index contributed by atoms with van der Waals surface area (Å²) in [7, 11) is 0. The van der Waals surface area contributed by atoms with Crippen LogP contribution in [0.1, 0.15) is 31.4 Å². The van der Waals surface area contributed by atoms with Crippen LogP contribution in [0, 0.1) is 0 Å². The second kappa shape index (κ2) is 5.35. The molecule has 2 atom stereocenters. The average Bonchev–Trinajstić information content (AvgIpc) is 3.29. The summed E-state index contributed by atoms with van der Waals surface area (Å²) < 4.78 is 8.35. The molecule has 4 heterocycles. The van der Waals surface area contributed by atoms with E-state index in [1.165, 1.54) is 5.56 Å². The molecule has 6 heteroatoms. The molecule has 0 aliphatic carbocycles. The van der Waals surface area contributed by atoms with Crippen molar-refractivity contribution in [1.29, 1.82) is 0 Å². The largest absolute Gasteiger partial charge is 0.371 e. The molecule has 4 rings (SSSR count). The summed E-state index contributed by atoms with van der Waals surface area (Å²) in [4.78, 5) is 15.4. The minimum Gasteiger partial charge on any atom is -0.371 e. The molecular weight excluding hydrogens is 278 g/mol. The second-order valence-corrected chi connectivity index (χ2v) is 6.28. The molecule has 2 aliphatic heterocycles. The van der Waals surface area contributed by atoms with Gasteiger partial charge in [-0.15, -0.1) is 0 Å². The van der Waals surface area contributed by atoms with Gasteiger partial charge in [-0.2, -0.15) is 0 Å². The number of aromatic nitrogens is 4. The van der Waals surface area contributed by atoms with E-state index in [2.05, 4.69) is 31.3 Å². The maximum atomic E-state index is 6.19. The Balaban J connectivity index is 1.45. The molecule has 0 bridgehead atoms. The van der Waals surface area contributed by atoms with Crippen molar-refractivity contribution in [2.75, 3.05) is 24.6 Å². The maximum Gasteiger partial charge on any atom is 0.225 e. The molecule has 2 fully saturated rings. The molecule has 2 saturated heterocycles. The standard InChI is InChI=1S/C16H21N5O/c1-2-13-8-18-15(19-9-13)20-5-3-16(11-20)7-14(10-22-16)21-6-4-17-12-21/h4,6,8-9,12,14H,2-3,5,7,10-11H2,1H3/t14-,16-/m1/s1. The quantitative estimate of drug-likeness (QED) is 0.865. The van der Waals surface area contributed by atoms with Gasteiger partial charge >= 0.3 is 0 Å². The molecule has 6 nitrogen and oxygen atoms in total. The Morgan fingerprint density at radius 2 is 2.23 bits per heavy atom. The van der Waals surface area contributed by atoms with Crippen LogP contribution < -0.4 is 4.90 Å². The molecule has 2 aliphatic rings. The zero-order valence-electron chi connectivity index (χ0n) is 12.9. The third-order valence-corrected chi connectivity index (χ3v) is 4.84. The third-order valence-electron chi connectivity index (χ3n) is 4.84. The lowest BCUT2D eigenvalue weighted by atomic mass is 9.97. The predicted molar refractivity (Wildman–Crippen MR) is 82.8 cm³/mol. The summed E-state index contributed by atoms with van der Waals surface area (Å²) in [6.45, 7) is 4.72. The van der Waals surface area contributed by atoms with E-state index < -0.39 is 0 Å². The minimum absolute atomic E-state index is 0.0538. The van der Waals surface area contributed by atoms with Crippen LogP contribution >= 0.6 is 0 Å². The first kappa shape index (κ1) is 13.7. The fourth-order valence-electron chi connectivity index (χ4n) is 3.49. The maximum absolute atomic E-state index is 6.19. The van der Waals surface area contributed by atoms with Gasteiger partial charge in [0.25, 0.3) is 0 Å². The lowest BCUT2D eigenvalue weighted by Crippen LogP contribution is -2.33. The Morgan fingerprint density at radius 3 is 2.95 bits per heavy atom. The highest BCUT2D eigenvalue weighted by Crippen LogP contribution is 2.40. The number of aryl methyl sites for hydroxylation is 1. The lowest BCUT2D eigenvalue weighted by Gasteiger charge is -2.23. The Hall–Kier alpha value is -1.95. The van der Waals surface area contributed by atoms with E-state index in [9.17, 15) is 0 Å². The molecule has 2 aromatic heterocycles. The topological polar surface area (TPSA) is 56.1 Å². The Kier molecular flexibility index (Phi) is 3.33. The highest BCUT2D eigenvalue weighted by Gasteiger charge is 2.46. The van der Waals surface area contributed by atoms with Crippen LogP contribution in [0.5, 0.6) is 0 Å². The molecular formula is C16H21N5O. The Labute approximate surface area is 130 Å². The van der Waals surface area contributed by atoms with E-state index in [0.29, 0.717) is 6.04 Å². The summed E-state index contributed by atoms with van der Waals surface area (Å²) in [6, 6.07) is 0.394. The van der Waals surface area contributed by atoms with Crippen molar-refractivity contribution in [2.45, 2.75) is 37.8 Å². The summed E-state index contributed by atoms with van der Waals surface area (Å²) >= 11 is 0. The Morgan fingerprint density at radius 1 is 1.36 bits per heavy atom. The van der Waals surface area contributed by atoms with Crippen molar-refractivity contribution in [3.05, 3.63) is 36.7 Å². The number of ether oxygens (including phenoxy) is 1. The van der Waals surface area contributed by atoms with E-state index in [1.807, 2.05) is 31.1 Å². The molecule has 1 spiro atoms. The molecule has 0 unspecified atom stereocenters. The summed E-state index contributed by atoms with van der Waals surface area (Å²) in [5.41, 5.74) is 1.12. The first-order chi connectivity index (χ1) is 10.8. The summed E-state index contributed by atoms with van der Waals surface area (Å²) in [5.74, 6) is 0.823. The summed E-state index contributed by atoms with van der Waals surface area (Å²) in [5, 5.41) is 0. The van der Waals surface area contributed by atoms with E-state index in [4.69, 9.17) is 4.74 Å². The Bertz CT molecular complexity index is 626. The van der Waals surface area contributed by atoms with Crippen molar-refractivity contribution < 1.29 is 4.74 Å². The van der Waals surface area contributed by atoms with Gasteiger partial charge in [0.2, 0.25) is 5.95 Å². The number of anilines is 1. The van der Waals surface area contributed by atoms with E-state index in [0.717, 1.165) is 44.9 Å². The van der Waals surface area contributed by atoms with Crippen LogP contribution in [0.2, 0.25) is 0 Å². The first-order valence-electron chi connectivity index (χ1n) is 7.95. The van der Waals surface area contributed by atoms with Crippen LogP contribution in [0.4, 0.5) is 5.95 Å². The molecule has 22 heavy (non-hydrogen) atoms. The van der Waals surface area contributed by atoms with Crippen molar-refractivity contribution >= 4 is 5.95 Å². The van der Waals surface area contributed by atoms with Crippen LogP contribution in [-0.2, 0) is 11.2 Å². The average molecular weight is 299 g/mol. The molecule has 0 saturated carbocycles. The van der Waals surface area contributed by atoms with Crippen molar-refractivity contribution in [2.24, 2.45) is 0 Å². The number of nitrogens with zero attached hydrogens (tertiary/aromatic N) is 5. The number of imidazole rings is 1. The fraction of sp³-hybridized carbons (Fsp3) is 0.562. The van der Waals surface area contributed by atoms with Gasteiger partial charge in [0, 0.05) is 37.8 Å². The predicted octanol–water partition coefficient (Wildman–Crippen LogP) is 1.85.